The lowest BCUT2D eigenvalue weighted by Crippen LogP contribution is -2.37. The Bertz CT molecular complexity index is 465. The summed E-state index contributed by atoms with van der Waals surface area (Å²) in [5, 5.41) is 10.1. The lowest BCUT2D eigenvalue weighted by Gasteiger charge is -2.45. The molecule has 3 rings (SSSR count). The Morgan fingerprint density at radius 2 is 1.25 bits per heavy atom. The summed E-state index contributed by atoms with van der Waals surface area (Å²) in [6.45, 7) is 4.64. The minimum absolute atomic E-state index is 0.0466. The van der Waals surface area contributed by atoms with Crippen LogP contribution in [0.15, 0.2) is 0 Å². The summed E-state index contributed by atoms with van der Waals surface area (Å²) in [4.78, 5) is 0. The van der Waals surface area contributed by atoms with Crippen LogP contribution in [0.1, 0.15) is 129 Å². The van der Waals surface area contributed by atoms with Crippen molar-refractivity contribution in [3.8, 4) is 6.07 Å². The number of hydrogen-bond acceptors (Lipinski definition) is 1. The van der Waals surface area contributed by atoms with Gasteiger partial charge in [0, 0.05) is 0 Å². The van der Waals surface area contributed by atoms with Crippen molar-refractivity contribution in [3.05, 3.63) is 0 Å². The summed E-state index contributed by atoms with van der Waals surface area (Å²) >= 11 is 0. The predicted octanol–water partition coefficient (Wildman–Crippen LogP) is 8.68. The summed E-state index contributed by atoms with van der Waals surface area (Å²) in [7, 11) is 0. The van der Waals surface area contributed by atoms with Crippen molar-refractivity contribution >= 4 is 0 Å². The molecule has 0 atom stereocenters. The van der Waals surface area contributed by atoms with E-state index < -0.39 is 0 Å². The van der Waals surface area contributed by atoms with Gasteiger partial charge in [-0.3, -0.25) is 0 Å². The zero-order valence-electron chi connectivity index (χ0n) is 19.1. The van der Waals surface area contributed by atoms with Gasteiger partial charge in [0.1, 0.15) is 0 Å². The Morgan fingerprint density at radius 3 is 1.79 bits per heavy atom. The Hall–Kier alpha value is -0.510. The molecular formula is C27H47N. The zero-order valence-corrected chi connectivity index (χ0v) is 19.1. The fourth-order valence-corrected chi connectivity index (χ4v) is 7.28. The first-order valence-corrected chi connectivity index (χ1v) is 13.1. The molecule has 0 aliphatic heterocycles. The van der Waals surface area contributed by atoms with Crippen LogP contribution < -0.4 is 0 Å². The van der Waals surface area contributed by atoms with Crippen molar-refractivity contribution in [3.63, 3.8) is 0 Å². The maximum absolute atomic E-state index is 10.1. The first-order valence-electron chi connectivity index (χ1n) is 13.1. The zero-order chi connectivity index (χ0) is 19.8. The van der Waals surface area contributed by atoms with Crippen LogP contribution in [0.4, 0.5) is 0 Å². The Balaban J connectivity index is 1.43. The van der Waals surface area contributed by atoms with E-state index >= 15 is 0 Å². The van der Waals surface area contributed by atoms with Crippen LogP contribution in [0.2, 0.25) is 0 Å². The second kappa shape index (κ2) is 11.0. The summed E-state index contributed by atoms with van der Waals surface area (Å²) in [5.41, 5.74) is 0.0466. The van der Waals surface area contributed by atoms with Crippen LogP contribution in [-0.2, 0) is 0 Å². The Kier molecular flexibility index (Phi) is 8.74. The molecule has 0 heterocycles. The maximum atomic E-state index is 10.1. The fraction of sp³-hybridized carbons (Fsp3) is 0.963. The van der Waals surface area contributed by atoms with Crippen LogP contribution in [-0.4, -0.2) is 0 Å². The van der Waals surface area contributed by atoms with Crippen molar-refractivity contribution in [2.75, 3.05) is 0 Å². The molecule has 3 fully saturated rings. The highest BCUT2D eigenvalue weighted by atomic mass is 14.5. The number of rotatable bonds is 8. The highest BCUT2D eigenvalue weighted by molar-refractivity contribution is 5.06. The maximum Gasteiger partial charge on any atom is 0.0692 e. The molecule has 0 aromatic heterocycles. The molecule has 160 valence electrons. The van der Waals surface area contributed by atoms with E-state index in [9.17, 15) is 5.26 Å². The molecule has 3 aliphatic carbocycles. The first kappa shape index (κ1) is 22.2. The van der Waals surface area contributed by atoms with Gasteiger partial charge in [0.05, 0.1) is 11.5 Å². The largest absolute Gasteiger partial charge is 0.198 e. The molecule has 1 nitrogen and oxygen atoms in total. The van der Waals surface area contributed by atoms with E-state index in [-0.39, 0.29) is 5.41 Å². The van der Waals surface area contributed by atoms with Gasteiger partial charge in [-0.15, -0.1) is 0 Å². The van der Waals surface area contributed by atoms with E-state index in [4.69, 9.17) is 0 Å². The third-order valence-electron chi connectivity index (χ3n) is 9.24. The van der Waals surface area contributed by atoms with E-state index in [1.165, 1.54) is 116 Å². The molecule has 0 N–H and O–H groups in total. The van der Waals surface area contributed by atoms with Gasteiger partial charge in [0.25, 0.3) is 0 Å². The van der Waals surface area contributed by atoms with E-state index in [1.54, 1.807) is 0 Å². The van der Waals surface area contributed by atoms with Crippen LogP contribution >= 0.6 is 0 Å². The lowest BCUT2D eigenvalue weighted by molar-refractivity contribution is 0.0647. The number of unbranched alkanes of at least 4 members (excludes halogenated alkanes) is 2. The quantitative estimate of drug-likeness (QED) is 0.383. The molecule has 0 amide bonds. The van der Waals surface area contributed by atoms with Crippen molar-refractivity contribution in [1.82, 2.24) is 0 Å². The van der Waals surface area contributed by atoms with E-state index in [0.29, 0.717) is 5.92 Å². The average molecular weight is 386 g/mol. The van der Waals surface area contributed by atoms with Crippen molar-refractivity contribution in [2.45, 2.75) is 129 Å². The molecule has 3 saturated carbocycles. The highest BCUT2D eigenvalue weighted by Crippen LogP contribution is 2.52. The molecule has 1 heteroatoms. The smallest absolute Gasteiger partial charge is 0.0692 e. The summed E-state index contributed by atoms with van der Waals surface area (Å²) in [6, 6.07) is 2.89. The first-order chi connectivity index (χ1) is 13.7. The van der Waals surface area contributed by atoms with Crippen molar-refractivity contribution in [2.24, 2.45) is 35.0 Å². The third kappa shape index (κ3) is 5.55. The van der Waals surface area contributed by atoms with Crippen LogP contribution in [0, 0.1) is 46.3 Å². The van der Waals surface area contributed by atoms with Crippen LogP contribution in [0.3, 0.4) is 0 Å². The molecule has 0 unspecified atom stereocenters. The van der Waals surface area contributed by atoms with Gasteiger partial charge in [-0.2, -0.15) is 5.26 Å². The molecule has 0 saturated heterocycles. The molecular weight excluding hydrogens is 338 g/mol. The van der Waals surface area contributed by atoms with Gasteiger partial charge in [-0.05, 0) is 93.8 Å². The van der Waals surface area contributed by atoms with Gasteiger partial charge < -0.3 is 0 Å². The summed E-state index contributed by atoms with van der Waals surface area (Å²) in [6.07, 6.45) is 25.0. The van der Waals surface area contributed by atoms with Crippen LogP contribution in [0.25, 0.3) is 0 Å². The second-order valence-electron chi connectivity index (χ2n) is 10.9. The summed E-state index contributed by atoms with van der Waals surface area (Å²) in [5.74, 6) is 4.66. The summed E-state index contributed by atoms with van der Waals surface area (Å²) < 4.78 is 0. The monoisotopic (exact) mass is 385 g/mol. The molecule has 0 spiro atoms. The van der Waals surface area contributed by atoms with Gasteiger partial charge >= 0.3 is 0 Å². The molecule has 3 aliphatic rings. The number of hydrogen-bond donors (Lipinski definition) is 0. The molecule has 0 radical (unpaired) electrons. The topological polar surface area (TPSA) is 23.8 Å². The standard InChI is InChI=1S/C27H47N/c1-3-5-6-8-23-17-19-27(21-28,20-18-23)26-15-13-25(14-16-26)24-11-9-22(7-4-2)10-12-24/h22-26H,3-20H2,1-2H3/t22-,23-,24-,25-,26+,27+. The van der Waals surface area contributed by atoms with Crippen molar-refractivity contribution < 1.29 is 0 Å². The second-order valence-corrected chi connectivity index (χ2v) is 10.9. The van der Waals surface area contributed by atoms with Gasteiger partial charge in [-0.1, -0.05) is 65.2 Å². The van der Waals surface area contributed by atoms with Crippen LogP contribution in [0.5, 0.6) is 0 Å². The Morgan fingerprint density at radius 1 is 0.679 bits per heavy atom. The van der Waals surface area contributed by atoms with E-state index in [0.717, 1.165) is 23.7 Å². The average Bonchev–Trinajstić information content (AvgIpc) is 2.75. The molecule has 28 heavy (non-hydrogen) atoms. The SMILES string of the molecule is CCCCC[C@H]1CC[C@@](C#N)([C@H]2CC[C@@H]([C@H]3CC[C@H](CCC)CC3)CC2)CC1. The number of nitrogens with zero attached hydrogens (tertiary/aromatic N) is 1. The van der Waals surface area contributed by atoms with E-state index in [1.807, 2.05) is 0 Å². The van der Waals surface area contributed by atoms with E-state index in [2.05, 4.69) is 19.9 Å². The molecule has 0 aromatic rings. The van der Waals surface area contributed by atoms with Gasteiger partial charge in [-0.25, -0.2) is 0 Å². The third-order valence-corrected chi connectivity index (χ3v) is 9.24. The highest BCUT2D eigenvalue weighted by Gasteiger charge is 2.44. The minimum Gasteiger partial charge on any atom is -0.198 e. The molecule has 0 aromatic carbocycles. The fourth-order valence-electron chi connectivity index (χ4n) is 7.28. The predicted molar refractivity (Wildman–Crippen MR) is 120 cm³/mol. The normalized spacial score (nSPS) is 39.4. The van der Waals surface area contributed by atoms with Crippen molar-refractivity contribution in [1.29, 1.82) is 5.26 Å². The minimum atomic E-state index is 0.0466. The van der Waals surface area contributed by atoms with Gasteiger partial charge in [0.2, 0.25) is 0 Å². The lowest BCUT2D eigenvalue weighted by atomic mass is 9.58. The molecule has 0 bridgehead atoms. The Labute approximate surface area is 176 Å². The van der Waals surface area contributed by atoms with Gasteiger partial charge in [0.15, 0.2) is 0 Å². The number of nitriles is 1.